The molecule has 2 aromatic heterocycles. The van der Waals surface area contributed by atoms with Crippen LogP contribution in [0.1, 0.15) is 49.0 Å². The van der Waals surface area contributed by atoms with E-state index in [1.807, 2.05) is 38.2 Å². The molecule has 2 aliphatic rings. The van der Waals surface area contributed by atoms with Crippen LogP contribution in [0.4, 0.5) is 11.5 Å². The quantitative estimate of drug-likeness (QED) is 0.692. The van der Waals surface area contributed by atoms with Gasteiger partial charge in [-0.05, 0) is 45.2 Å². The van der Waals surface area contributed by atoms with Crippen LogP contribution in [0.15, 0.2) is 30.6 Å². The van der Waals surface area contributed by atoms with Crippen molar-refractivity contribution in [1.82, 2.24) is 14.6 Å². The molecular formula is C23H27N5O3. The normalized spacial score (nSPS) is 17.3. The molecule has 1 amide bonds. The molecule has 4 heterocycles. The van der Waals surface area contributed by atoms with Crippen LogP contribution in [0.25, 0.3) is 5.65 Å². The Morgan fingerprint density at radius 3 is 2.81 bits per heavy atom. The number of amides is 1. The van der Waals surface area contributed by atoms with Gasteiger partial charge in [0.1, 0.15) is 28.5 Å². The summed E-state index contributed by atoms with van der Waals surface area (Å²) >= 11 is 0. The third-order valence-electron chi connectivity index (χ3n) is 5.91. The molecule has 1 aromatic carbocycles. The second-order valence-corrected chi connectivity index (χ2v) is 8.81. The minimum absolute atomic E-state index is 0.269. The number of methoxy groups -OCH3 is 1. The average Bonchev–Trinajstić information content (AvgIpc) is 3.32. The first-order valence-electron chi connectivity index (χ1n) is 10.7. The monoisotopic (exact) mass is 421 g/mol. The number of piperidine rings is 1. The van der Waals surface area contributed by atoms with E-state index in [1.165, 1.54) is 6.42 Å². The maximum Gasteiger partial charge on any atom is 0.261 e. The van der Waals surface area contributed by atoms with E-state index in [-0.39, 0.29) is 11.5 Å². The van der Waals surface area contributed by atoms with Crippen molar-refractivity contribution in [2.75, 3.05) is 30.4 Å². The highest BCUT2D eigenvalue weighted by Crippen LogP contribution is 2.41. The SMILES string of the molecule is COc1cc2c(cc1NC(=O)c1cnn3ccc(N4CCCCC4)nc13)CC(C)(C)O2. The number of nitrogens with one attached hydrogen (secondary N) is 1. The Bertz CT molecular complexity index is 1150. The van der Waals surface area contributed by atoms with Crippen LogP contribution in [0.3, 0.4) is 0 Å². The van der Waals surface area contributed by atoms with Gasteiger partial charge < -0.3 is 19.7 Å². The highest BCUT2D eigenvalue weighted by molar-refractivity contribution is 6.09. The van der Waals surface area contributed by atoms with Crippen molar-refractivity contribution in [3.8, 4) is 11.5 Å². The van der Waals surface area contributed by atoms with Gasteiger partial charge in [0.15, 0.2) is 5.65 Å². The van der Waals surface area contributed by atoms with Crippen LogP contribution in [0, 0.1) is 0 Å². The Labute approximate surface area is 181 Å². The van der Waals surface area contributed by atoms with Gasteiger partial charge >= 0.3 is 0 Å². The Hall–Kier alpha value is -3.29. The summed E-state index contributed by atoms with van der Waals surface area (Å²) in [7, 11) is 1.58. The Morgan fingerprint density at radius 1 is 1.23 bits per heavy atom. The molecule has 5 rings (SSSR count). The number of benzene rings is 1. The molecule has 2 aliphatic heterocycles. The molecule has 0 radical (unpaired) electrons. The number of carbonyl (C=O) groups is 1. The number of aromatic nitrogens is 3. The lowest BCUT2D eigenvalue weighted by Crippen LogP contribution is -2.30. The van der Waals surface area contributed by atoms with Crippen LogP contribution in [0.5, 0.6) is 11.5 Å². The maximum atomic E-state index is 13.2. The molecule has 1 N–H and O–H groups in total. The number of anilines is 2. The Morgan fingerprint density at radius 2 is 2.03 bits per heavy atom. The van der Waals surface area contributed by atoms with E-state index >= 15 is 0 Å². The number of carbonyl (C=O) groups excluding carboxylic acids is 1. The third-order valence-corrected chi connectivity index (χ3v) is 5.91. The van der Waals surface area contributed by atoms with Crippen molar-refractivity contribution in [2.24, 2.45) is 0 Å². The molecule has 162 valence electrons. The zero-order valence-corrected chi connectivity index (χ0v) is 18.1. The molecule has 0 atom stereocenters. The zero-order chi connectivity index (χ0) is 21.6. The van der Waals surface area contributed by atoms with Gasteiger partial charge in [-0.3, -0.25) is 4.79 Å². The van der Waals surface area contributed by atoms with Gasteiger partial charge in [0, 0.05) is 37.3 Å². The number of rotatable bonds is 4. The minimum Gasteiger partial charge on any atom is -0.494 e. The topological polar surface area (TPSA) is 81.0 Å². The minimum atomic E-state index is -0.271. The highest BCUT2D eigenvalue weighted by Gasteiger charge is 2.31. The predicted molar refractivity (Wildman–Crippen MR) is 118 cm³/mol. The van der Waals surface area contributed by atoms with Crippen molar-refractivity contribution in [2.45, 2.75) is 45.1 Å². The second-order valence-electron chi connectivity index (χ2n) is 8.81. The summed E-state index contributed by atoms with van der Waals surface area (Å²) in [5.41, 5.74) is 2.36. The number of fused-ring (bicyclic) bond motifs is 2. The van der Waals surface area contributed by atoms with Gasteiger partial charge in [0.2, 0.25) is 0 Å². The molecule has 31 heavy (non-hydrogen) atoms. The van der Waals surface area contributed by atoms with E-state index in [0.29, 0.717) is 22.6 Å². The molecule has 0 saturated carbocycles. The van der Waals surface area contributed by atoms with Crippen LogP contribution in [-0.4, -0.2) is 46.3 Å². The summed E-state index contributed by atoms with van der Waals surface area (Å²) in [5.74, 6) is 1.97. The standard InChI is InChI=1S/C23H27N5O3/c1-23(2)13-15-11-17(19(30-3)12-18(15)31-23)25-22(29)16-14-24-28-10-7-20(26-21(16)28)27-8-5-4-6-9-27/h7,10-12,14H,4-6,8-9,13H2,1-3H3,(H,25,29). The van der Waals surface area contributed by atoms with Crippen LogP contribution in [-0.2, 0) is 6.42 Å². The van der Waals surface area contributed by atoms with E-state index in [4.69, 9.17) is 14.5 Å². The van der Waals surface area contributed by atoms with Gasteiger partial charge in [-0.25, -0.2) is 9.50 Å². The van der Waals surface area contributed by atoms with Crippen molar-refractivity contribution in [3.05, 3.63) is 41.7 Å². The average molecular weight is 422 g/mol. The van der Waals surface area contributed by atoms with Crippen molar-refractivity contribution >= 4 is 23.1 Å². The molecule has 0 bridgehead atoms. The fraction of sp³-hybridized carbons (Fsp3) is 0.435. The first-order chi connectivity index (χ1) is 14.9. The molecule has 8 nitrogen and oxygen atoms in total. The first kappa shape index (κ1) is 19.7. The van der Waals surface area contributed by atoms with Gasteiger partial charge in [0.25, 0.3) is 5.91 Å². The Balaban J connectivity index is 1.44. The Kier molecular flexibility index (Phi) is 4.72. The van der Waals surface area contributed by atoms with E-state index < -0.39 is 0 Å². The third kappa shape index (κ3) is 3.66. The van der Waals surface area contributed by atoms with E-state index in [1.54, 1.807) is 17.8 Å². The highest BCUT2D eigenvalue weighted by atomic mass is 16.5. The summed E-state index contributed by atoms with van der Waals surface area (Å²) in [6, 6.07) is 5.72. The summed E-state index contributed by atoms with van der Waals surface area (Å²) in [4.78, 5) is 20.2. The fourth-order valence-corrected chi connectivity index (χ4v) is 4.41. The van der Waals surface area contributed by atoms with E-state index in [2.05, 4.69) is 15.3 Å². The smallest absolute Gasteiger partial charge is 0.261 e. The fourth-order valence-electron chi connectivity index (χ4n) is 4.41. The lowest BCUT2D eigenvalue weighted by Gasteiger charge is -2.27. The lowest BCUT2D eigenvalue weighted by atomic mass is 10.0. The van der Waals surface area contributed by atoms with Gasteiger partial charge in [-0.1, -0.05) is 0 Å². The molecular weight excluding hydrogens is 394 g/mol. The number of hydrogen-bond donors (Lipinski definition) is 1. The summed E-state index contributed by atoms with van der Waals surface area (Å²) in [6.07, 6.45) is 7.77. The maximum absolute atomic E-state index is 13.2. The van der Waals surface area contributed by atoms with Crippen LogP contribution in [0.2, 0.25) is 0 Å². The second kappa shape index (κ2) is 7.44. The number of hydrogen-bond acceptors (Lipinski definition) is 6. The zero-order valence-electron chi connectivity index (χ0n) is 18.1. The molecule has 3 aromatic rings. The van der Waals surface area contributed by atoms with Crippen molar-refractivity contribution < 1.29 is 14.3 Å². The summed E-state index contributed by atoms with van der Waals surface area (Å²) < 4.78 is 13.1. The van der Waals surface area contributed by atoms with Crippen molar-refractivity contribution in [3.63, 3.8) is 0 Å². The van der Waals surface area contributed by atoms with Gasteiger partial charge in [-0.15, -0.1) is 0 Å². The summed E-state index contributed by atoms with van der Waals surface area (Å²) in [5, 5.41) is 7.30. The van der Waals surface area contributed by atoms with Gasteiger partial charge in [0.05, 0.1) is 19.0 Å². The number of ether oxygens (including phenoxy) is 2. The largest absolute Gasteiger partial charge is 0.494 e. The van der Waals surface area contributed by atoms with E-state index in [0.717, 1.165) is 49.5 Å². The van der Waals surface area contributed by atoms with Gasteiger partial charge in [-0.2, -0.15) is 5.10 Å². The molecule has 0 unspecified atom stereocenters. The molecule has 0 aliphatic carbocycles. The van der Waals surface area contributed by atoms with Crippen LogP contribution < -0.4 is 19.7 Å². The number of nitrogens with zero attached hydrogens (tertiary/aromatic N) is 4. The van der Waals surface area contributed by atoms with Crippen molar-refractivity contribution in [1.29, 1.82) is 0 Å². The lowest BCUT2D eigenvalue weighted by molar-refractivity contribution is 0.102. The molecule has 8 heteroatoms. The predicted octanol–water partition coefficient (Wildman–Crippen LogP) is 3.69. The first-order valence-corrected chi connectivity index (χ1v) is 10.7. The summed E-state index contributed by atoms with van der Waals surface area (Å²) in [6.45, 7) is 6.07. The molecule has 1 fully saturated rings. The van der Waals surface area contributed by atoms with Crippen LogP contribution >= 0.6 is 0 Å². The molecule has 1 saturated heterocycles. The molecule has 0 spiro atoms. The van der Waals surface area contributed by atoms with E-state index in [9.17, 15) is 4.79 Å².